The largest absolute Gasteiger partial charge is 0.317 e. The molecule has 0 bridgehead atoms. The maximum Gasteiger partial charge on any atom is 0.270 e. The van der Waals surface area contributed by atoms with Crippen LogP contribution < -0.4 is 10.6 Å². The zero-order valence-electron chi connectivity index (χ0n) is 13.5. The molecule has 0 radical (unpaired) electrons. The number of nitrogens with one attached hydrogen (secondary N) is 2. The second-order valence-electron chi connectivity index (χ2n) is 5.82. The summed E-state index contributed by atoms with van der Waals surface area (Å²) in [6.45, 7) is 1.84. The van der Waals surface area contributed by atoms with Crippen molar-refractivity contribution >= 4 is 29.1 Å². The summed E-state index contributed by atoms with van der Waals surface area (Å²) in [5.41, 5.74) is -0.0351. The Hall–Kier alpha value is -2.52. The Morgan fingerprint density at radius 3 is 2.80 bits per heavy atom. The number of hydrogen-bond donors (Lipinski definition) is 2. The Morgan fingerprint density at radius 1 is 1.44 bits per heavy atom. The van der Waals surface area contributed by atoms with E-state index in [1.165, 1.54) is 16.8 Å². The summed E-state index contributed by atoms with van der Waals surface area (Å²) in [6, 6.07) is 3.70. The number of piperidine rings is 1. The van der Waals surface area contributed by atoms with Crippen molar-refractivity contribution in [1.29, 1.82) is 0 Å². The third kappa shape index (κ3) is 3.77. The van der Waals surface area contributed by atoms with Gasteiger partial charge in [0, 0.05) is 25.1 Å². The average Bonchev–Trinajstić information content (AvgIpc) is 2.96. The van der Waals surface area contributed by atoms with Gasteiger partial charge in [0.05, 0.1) is 15.5 Å². The third-order valence-electron chi connectivity index (χ3n) is 4.12. The topological polar surface area (TPSA) is 115 Å². The average molecular weight is 365 g/mol. The molecule has 1 amide bonds. The van der Waals surface area contributed by atoms with Crippen molar-refractivity contribution in [1.82, 2.24) is 20.1 Å². The SMILES string of the molecule is Cn1nc(C2CCNCC2)nc1NC(=O)c1ccc([N+](=O)[O-])cc1Cl. The molecule has 1 fully saturated rings. The maximum absolute atomic E-state index is 12.4. The normalized spacial score (nSPS) is 15.1. The van der Waals surface area contributed by atoms with Gasteiger partial charge >= 0.3 is 0 Å². The number of nitro groups is 1. The first-order valence-electron chi connectivity index (χ1n) is 7.82. The van der Waals surface area contributed by atoms with E-state index in [2.05, 4.69) is 20.7 Å². The minimum Gasteiger partial charge on any atom is -0.317 e. The zero-order valence-corrected chi connectivity index (χ0v) is 14.3. The fraction of sp³-hybridized carbons (Fsp3) is 0.400. The molecule has 10 heteroatoms. The minimum atomic E-state index is -0.568. The third-order valence-corrected chi connectivity index (χ3v) is 4.43. The summed E-state index contributed by atoms with van der Waals surface area (Å²) >= 11 is 5.99. The monoisotopic (exact) mass is 364 g/mol. The molecule has 0 saturated carbocycles. The molecule has 2 aromatic rings. The number of non-ortho nitro benzene ring substituents is 1. The van der Waals surface area contributed by atoms with Crippen molar-refractivity contribution in [2.24, 2.45) is 7.05 Å². The summed E-state index contributed by atoms with van der Waals surface area (Å²) in [7, 11) is 1.70. The van der Waals surface area contributed by atoms with E-state index < -0.39 is 10.8 Å². The van der Waals surface area contributed by atoms with Gasteiger partial charge in [-0.2, -0.15) is 10.1 Å². The number of halogens is 1. The van der Waals surface area contributed by atoms with Gasteiger partial charge in [-0.3, -0.25) is 20.2 Å². The number of nitrogens with zero attached hydrogens (tertiary/aromatic N) is 4. The zero-order chi connectivity index (χ0) is 18.0. The van der Waals surface area contributed by atoms with E-state index >= 15 is 0 Å². The number of anilines is 1. The highest BCUT2D eigenvalue weighted by Gasteiger charge is 2.22. The number of aryl methyl sites for hydroxylation is 1. The Labute approximate surface area is 148 Å². The van der Waals surface area contributed by atoms with Crippen LogP contribution in [0.2, 0.25) is 5.02 Å². The smallest absolute Gasteiger partial charge is 0.270 e. The highest BCUT2D eigenvalue weighted by Crippen LogP contribution is 2.25. The van der Waals surface area contributed by atoms with Crippen molar-refractivity contribution in [2.45, 2.75) is 18.8 Å². The molecule has 9 nitrogen and oxygen atoms in total. The fourth-order valence-corrected chi connectivity index (χ4v) is 3.00. The lowest BCUT2D eigenvalue weighted by Crippen LogP contribution is -2.27. The molecule has 132 valence electrons. The van der Waals surface area contributed by atoms with Gasteiger partial charge in [0.15, 0.2) is 5.82 Å². The molecule has 1 saturated heterocycles. The predicted octanol–water partition coefficient (Wildman–Crippen LogP) is 2.10. The molecule has 0 unspecified atom stereocenters. The quantitative estimate of drug-likeness (QED) is 0.634. The van der Waals surface area contributed by atoms with Crippen LogP contribution in [0.5, 0.6) is 0 Å². The highest BCUT2D eigenvalue weighted by molar-refractivity contribution is 6.34. The number of carbonyl (C=O) groups excluding carboxylic acids is 1. The number of benzene rings is 1. The van der Waals surface area contributed by atoms with Crippen LogP contribution in [0.25, 0.3) is 0 Å². The van der Waals surface area contributed by atoms with Crippen LogP contribution in [0.15, 0.2) is 18.2 Å². The summed E-state index contributed by atoms with van der Waals surface area (Å²) in [4.78, 5) is 27.0. The van der Waals surface area contributed by atoms with Gasteiger partial charge < -0.3 is 5.32 Å². The van der Waals surface area contributed by atoms with Crippen LogP contribution in [-0.2, 0) is 7.05 Å². The standard InChI is InChI=1S/C15H17ClN6O3/c1-21-15(18-13(20-21)9-4-6-17-7-5-9)19-14(23)11-3-2-10(22(24)25)8-12(11)16/h2-3,8-9,17H,4-7H2,1H3,(H,18,19,20,23). The van der Waals surface area contributed by atoms with Crippen molar-refractivity contribution < 1.29 is 9.72 Å². The Kier molecular flexibility index (Phi) is 4.95. The Bertz CT molecular complexity index is 816. The lowest BCUT2D eigenvalue weighted by atomic mass is 9.98. The van der Waals surface area contributed by atoms with Gasteiger partial charge in [0.1, 0.15) is 0 Å². The van der Waals surface area contributed by atoms with Gasteiger partial charge in [-0.05, 0) is 32.0 Å². The lowest BCUT2D eigenvalue weighted by molar-refractivity contribution is -0.384. The van der Waals surface area contributed by atoms with Gasteiger partial charge in [0.2, 0.25) is 5.95 Å². The molecule has 2 N–H and O–H groups in total. The molecule has 0 atom stereocenters. The number of rotatable bonds is 4. The van der Waals surface area contributed by atoms with Crippen LogP contribution in [0.3, 0.4) is 0 Å². The molecule has 1 aliphatic heterocycles. The van der Waals surface area contributed by atoms with Crippen LogP contribution in [0.1, 0.15) is 34.9 Å². The lowest BCUT2D eigenvalue weighted by Gasteiger charge is -2.19. The molecule has 1 aliphatic rings. The molecule has 0 aliphatic carbocycles. The Morgan fingerprint density at radius 2 is 2.16 bits per heavy atom. The van der Waals surface area contributed by atoms with Crippen molar-refractivity contribution in [3.63, 3.8) is 0 Å². The van der Waals surface area contributed by atoms with Crippen LogP contribution in [0.4, 0.5) is 11.6 Å². The molecule has 3 rings (SSSR count). The summed E-state index contributed by atoms with van der Waals surface area (Å²) in [6.07, 6.45) is 1.90. The van der Waals surface area contributed by atoms with Crippen LogP contribution in [-0.4, -0.2) is 38.7 Å². The van der Waals surface area contributed by atoms with Gasteiger partial charge in [-0.25, -0.2) is 4.68 Å². The molecule has 25 heavy (non-hydrogen) atoms. The second-order valence-corrected chi connectivity index (χ2v) is 6.22. The van der Waals surface area contributed by atoms with Gasteiger partial charge in [-0.15, -0.1) is 0 Å². The van der Waals surface area contributed by atoms with E-state index in [1.54, 1.807) is 7.05 Å². The van der Waals surface area contributed by atoms with Crippen LogP contribution in [0, 0.1) is 10.1 Å². The van der Waals surface area contributed by atoms with E-state index in [1.807, 2.05) is 0 Å². The maximum atomic E-state index is 12.4. The molecular formula is C15H17ClN6O3. The molecule has 0 spiro atoms. The number of hydrogen-bond acceptors (Lipinski definition) is 6. The van der Waals surface area contributed by atoms with Crippen LogP contribution >= 0.6 is 11.6 Å². The molecule has 1 aromatic carbocycles. The van der Waals surface area contributed by atoms with E-state index in [0.29, 0.717) is 11.8 Å². The van der Waals surface area contributed by atoms with E-state index in [0.717, 1.165) is 32.0 Å². The molecular weight excluding hydrogens is 348 g/mol. The van der Waals surface area contributed by atoms with E-state index in [4.69, 9.17) is 11.6 Å². The number of amides is 1. The molecule has 2 heterocycles. The fourth-order valence-electron chi connectivity index (χ4n) is 2.74. The summed E-state index contributed by atoms with van der Waals surface area (Å²) in [5.74, 6) is 0.787. The number of carbonyl (C=O) groups is 1. The summed E-state index contributed by atoms with van der Waals surface area (Å²) < 4.78 is 1.51. The number of nitro benzene ring substituents is 1. The van der Waals surface area contributed by atoms with Crippen molar-refractivity contribution in [2.75, 3.05) is 18.4 Å². The van der Waals surface area contributed by atoms with Crippen molar-refractivity contribution in [3.8, 4) is 0 Å². The first kappa shape index (κ1) is 17.3. The van der Waals surface area contributed by atoms with E-state index in [-0.39, 0.29) is 22.2 Å². The Balaban J connectivity index is 1.77. The first-order chi connectivity index (χ1) is 12.0. The minimum absolute atomic E-state index is 0.00690. The molecule has 1 aromatic heterocycles. The predicted molar refractivity (Wildman–Crippen MR) is 91.9 cm³/mol. The number of aromatic nitrogens is 3. The second kappa shape index (κ2) is 7.16. The van der Waals surface area contributed by atoms with Gasteiger partial charge in [-0.1, -0.05) is 11.6 Å². The van der Waals surface area contributed by atoms with Crippen molar-refractivity contribution in [3.05, 3.63) is 44.7 Å². The van der Waals surface area contributed by atoms with E-state index in [9.17, 15) is 14.9 Å². The first-order valence-corrected chi connectivity index (χ1v) is 8.20. The highest BCUT2D eigenvalue weighted by atomic mass is 35.5. The van der Waals surface area contributed by atoms with Gasteiger partial charge in [0.25, 0.3) is 11.6 Å². The summed E-state index contributed by atoms with van der Waals surface area (Å²) in [5, 5.41) is 21.1.